The molecule has 1 heterocycles. The van der Waals surface area contributed by atoms with Gasteiger partial charge in [0.15, 0.2) is 0 Å². The highest BCUT2D eigenvalue weighted by atomic mass is 35.5. The van der Waals surface area contributed by atoms with E-state index in [1.807, 2.05) is 0 Å². The molecule has 0 bridgehead atoms. The van der Waals surface area contributed by atoms with Crippen LogP contribution in [0.3, 0.4) is 0 Å². The van der Waals surface area contributed by atoms with Gasteiger partial charge in [-0.15, -0.1) is 11.3 Å². The van der Waals surface area contributed by atoms with E-state index in [2.05, 4.69) is 4.98 Å². The molecule has 8 heteroatoms. The average Bonchev–Trinajstić information content (AvgIpc) is 3.23. The number of hydrogen-bond acceptors (Lipinski definition) is 4. The number of halogens is 2. The summed E-state index contributed by atoms with van der Waals surface area (Å²) in [4.78, 5) is 29.1. The van der Waals surface area contributed by atoms with Crippen molar-refractivity contribution in [2.45, 2.75) is 18.9 Å². The average molecular weight is 371 g/mol. The second kappa shape index (κ2) is 6.47. The van der Waals surface area contributed by atoms with E-state index in [1.165, 1.54) is 16.2 Å². The molecule has 0 unspecified atom stereocenters. The lowest BCUT2D eigenvalue weighted by Crippen LogP contribution is -2.37. The van der Waals surface area contributed by atoms with Crippen molar-refractivity contribution < 1.29 is 14.7 Å². The van der Waals surface area contributed by atoms with Crippen LogP contribution in [0.4, 0.5) is 0 Å². The van der Waals surface area contributed by atoms with Gasteiger partial charge in [0.2, 0.25) is 0 Å². The van der Waals surface area contributed by atoms with Crippen LogP contribution in [0.15, 0.2) is 23.6 Å². The lowest BCUT2D eigenvalue weighted by molar-refractivity contribution is -0.137. The fourth-order valence-electron chi connectivity index (χ4n) is 2.18. The molecule has 0 radical (unpaired) electrons. The second-order valence-electron chi connectivity index (χ2n) is 5.22. The van der Waals surface area contributed by atoms with E-state index in [4.69, 9.17) is 28.3 Å². The number of amides is 1. The summed E-state index contributed by atoms with van der Waals surface area (Å²) in [5.41, 5.74) is 1.02. The van der Waals surface area contributed by atoms with Gasteiger partial charge in [0.25, 0.3) is 5.91 Å². The highest BCUT2D eigenvalue weighted by molar-refractivity contribution is 7.13. The van der Waals surface area contributed by atoms with E-state index in [-0.39, 0.29) is 24.2 Å². The Kier molecular flexibility index (Phi) is 4.57. The van der Waals surface area contributed by atoms with Crippen LogP contribution in [0.5, 0.6) is 0 Å². The Labute approximate surface area is 146 Å². The van der Waals surface area contributed by atoms with Crippen molar-refractivity contribution >= 4 is 46.4 Å². The molecule has 1 N–H and O–H groups in total. The maximum absolute atomic E-state index is 12.5. The minimum atomic E-state index is -1.02. The zero-order chi connectivity index (χ0) is 16.6. The lowest BCUT2D eigenvalue weighted by atomic mass is 10.2. The first-order chi connectivity index (χ1) is 11.0. The standard InChI is InChI=1S/C15H12Cl2N2O3S/c16-10-4-1-8(5-11(10)17)14-18-12(7-23-14)15(22)19(6-13(20)21)9-2-3-9/h1,4-5,7,9H,2-3,6H2,(H,20,21). The molecule has 1 aliphatic carbocycles. The molecule has 1 aromatic carbocycles. The molecule has 2 aromatic rings. The highest BCUT2D eigenvalue weighted by Crippen LogP contribution is 2.32. The van der Waals surface area contributed by atoms with Crippen LogP contribution in [0.2, 0.25) is 10.0 Å². The van der Waals surface area contributed by atoms with E-state index < -0.39 is 5.97 Å². The Morgan fingerprint density at radius 1 is 1.30 bits per heavy atom. The molecule has 1 fully saturated rings. The Morgan fingerprint density at radius 2 is 2.04 bits per heavy atom. The molecule has 23 heavy (non-hydrogen) atoms. The molecular formula is C15H12Cl2N2O3S. The van der Waals surface area contributed by atoms with Crippen LogP contribution in [-0.4, -0.2) is 39.5 Å². The van der Waals surface area contributed by atoms with Gasteiger partial charge in [0.1, 0.15) is 17.2 Å². The molecule has 0 aliphatic heterocycles. The zero-order valence-electron chi connectivity index (χ0n) is 11.8. The number of rotatable bonds is 5. The molecule has 1 aliphatic rings. The smallest absolute Gasteiger partial charge is 0.323 e. The molecule has 120 valence electrons. The Bertz CT molecular complexity index is 774. The summed E-state index contributed by atoms with van der Waals surface area (Å²) in [5, 5.41) is 12.1. The molecule has 3 rings (SSSR count). The van der Waals surface area contributed by atoms with Crippen molar-refractivity contribution in [3.05, 3.63) is 39.3 Å². The van der Waals surface area contributed by atoms with Crippen molar-refractivity contribution in [2.24, 2.45) is 0 Å². The van der Waals surface area contributed by atoms with Gasteiger partial charge in [-0.05, 0) is 25.0 Å². The predicted octanol–water partition coefficient (Wildman–Crippen LogP) is 3.81. The molecule has 0 atom stereocenters. The van der Waals surface area contributed by atoms with Crippen molar-refractivity contribution in [3.63, 3.8) is 0 Å². The Morgan fingerprint density at radius 3 is 2.65 bits per heavy atom. The molecule has 1 saturated carbocycles. The van der Waals surface area contributed by atoms with Gasteiger partial charge in [0.05, 0.1) is 10.0 Å². The third-order valence-corrected chi connectivity index (χ3v) is 5.07. The van der Waals surface area contributed by atoms with Gasteiger partial charge >= 0.3 is 5.97 Å². The predicted molar refractivity (Wildman–Crippen MR) is 89.3 cm³/mol. The number of hydrogen-bond donors (Lipinski definition) is 1. The van der Waals surface area contributed by atoms with Gasteiger partial charge < -0.3 is 10.0 Å². The quantitative estimate of drug-likeness (QED) is 0.868. The number of nitrogens with zero attached hydrogens (tertiary/aromatic N) is 2. The van der Waals surface area contributed by atoms with Gasteiger partial charge in [-0.25, -0.2) is 4.98 Å². The summed E-state index contributed by atoms with van der Waals surface area (Å²) < 4.78 is 0. The zero-order valence-corrected chi connectivity index (χ0v) is 14.2. The van der Waals surface area contributed by atoms with E-state index >= 15 is 0 Å². The van der Waals surface area contributed by atoms with E-state index in [1.54, 1.807) is 23.6 Å². The fraction of sp³-hybridized carbons (Fsp3) is 0.267. The monoisotopic (exact) mass is 370 g/mol. The summed E-state index contributed by atoms with van der Waals surface area (Å²) in [6.07, 6.45) is 1.67. The topological polar surface area (TPSA) is 70.5 Å². The number of carbonyl (C=O) groups is 2. The van der Waals surface area contributed by atoms with Gasteiger partial charge in [0, 0.05) is 17.0 Å². The summed E-state index contributed by atoms with van der Waals surface area (Å²) >= 11 is 13.2. The molecule has 5 nitrogen and oxygen atoms in total. The number of carbonyl (C=O) groups excluding carboxylic acids is 1. The number of benzene rings is 1. The first kappa shape index (κ1) is 16.2. The van der Waals surface area contributed by atoms with Gasteiger partial charge in [-0.2, -0.15) is 0 Å². The van der Waals surface area contributed by atoms with E-state index in [0.29, 0.717) is 15.1 Å². The van der Waals surface area contributed by atoms with Gasteiger partial charge in [-0.1, -0.05) is 29.3 Å². The number of carboxylic acid groups (broad SMARTS) is 1. The van der Waals surface area contributed by atoms with Crippen LogP contribution >= 0.6 is 34.5 Å². The lowest BCUT2D eigenvalue weighted by Gasteiger charge is -2.18. The van der Waals surface area contributed by atoms with Crippen LogP contribution < -0.4 is 0 Å². The molecule has 1 aromatic heterocycles. The first-order valence-corrected chi connectivity index (χ1v) is 8.53. The van der Waals surface area contributed by atoms with Crippen LogP contribution in [0.25, 0.3) is 10.6 Å². The SMILES string of the molecule is O=C(O)CN(C(=O)c1csc(-c2ccc(Cl)c(Cl)c2)n1)C1CC1. The number of thiazole rings is 1. The summed E-state index contributed by atoms with van der Waals surface area (Å²) in [6.45, 7) is -0.302. The Balaban J connectivity index is 1.84. The van der Waals surface area contributed by atoms with Crippen molar-refractivity contribution in [1.82, 2.24) is 9.88 Å². The summed E-state index contributed by atoms with van der Waals surface area (Å²) in [5.74, 6) is -1.37. The summed E-state index contributed by atoms with van der Waals surface area (Å²) in [7, 11) is 0. The normalized spacial score (nSPS) is 13.8. The molecule has 0 saturated heterocycles. The second-order valence-corrected chi connectivity index (χ2v) is 6.90. The summed E-state index contributed by atoms with van der Waals surface area (Å²) in [6, 6.07) is 5.14. The van der Waals surface area contributed by atoms with Crippen molar-refractivity contribution in [3.8, 4) is 10.6 Å². The molecule has 0 spiro atoms. The van der Waals surface area contributed by atoms with E-state index in [9.17, 15) is 9.59 Å². The molecular weight excluding hydrogens is 359 g/mol. The van der Waals surface area contributed by atoms with E-state index in [0.717, 1.165) is 18.4 Å². The maximum Gasteiger partial charge on any atom is 0.323 e. The van der Waals surface area contributed by atoms with Gasteiger partial charge in [-0.3, -0.25) is 9.59 Å². The Hall–Kier alpha value is -1.63. The number of aliphatic carboxylic acids is 1. The highest BCUT2D eigenvalue weighted by Gasteiger charge is 2.35. The van der Waals surface area contributed by atoms with Crippen LogP contribution in [0, 0.1) is 0 Å². The van der Waals surface area contributed by atoms with Crippen LogP contribution in [-0.2, 0) is 4.79 Å². The fourth-order valence-corrected chi connectivity index (χ4v) is 3.27. The minimum absolute atomic E-state index is 0.00808. The largest absolute Gasteiger partial charge is 0.480 e. The van der Waals surface area contributed by atoms with Crippen molar-refractivity contribution in [1.29, 1.82) is 0 Å². The van der Waals surface area contributed by atoms with Crippen molar-refractivity contribution in [2.75, 3.05) is 6.54 Å². The maximum atomic E-state index is 12.5. The molecule has 1 amide bonds. The van der Waals surface area contributed by atoms with Crippen LogP contribution in [0.1, 0.15) is 23.3 Å². The third-order valence-electron chi connectivity index (χ3n) is 3.44. The minimum Gasteiger partial charge on any atom is -0.480 e. The number of carboxylic acids is 1. The third kappa shape index (κ3) is 3.65. The number of aromatic nitrogens is 1. The first-order valence-electron chi connectivity index (χ1n) is 6.89.